The Morgan fingerprint density at radius 1 is 1.10 bits per heavy atom. The van der Waals surface area contributed by atoms with Crippen molar-refractivity contribution in [3.8, 4) is 0 Å². The Labute approximate surface area is 186 Å². The molecule has 3 rings (SSSR count). The number of sulfonamides is 1. The molecule has 1 aliphatic rings. The zero-order chi connectivity index (χ0) is 22.3. The lowest BCUT2D eigenvalue weighted by molar-refractivity contribution is 0.158. The van der Waals surface area contributed by atoms with Crippen LogP contribution in [0, 0.1) is 5.92 Å². The molecule has 2 aromatic carbocycles. The fourth-order valence-electron chi connectivity index (χ4n) is 3.59. The van der Waals surface area contributed by atoms with Gasteiger partial charge in [0.25, 0.3) is 10.0 Å². The molecular formula is C25H32N2O3S. The van der Waals surface area contributed by atoms with Crippen molar-refractivity contribution in [2.24, 2.45) is 5.92 Å². The van der Waals surface area contributed by atoms with E-state index in [1.54, 1.807) is 54.6 Å². The van der Waals surface area contributed by atoms with Gasteiger partial charge in [-0.15, -0.1) is 0 Å². The molecule has 0 spiro atoms. The average Bonchev–Trinajstić information content (AvgIpc) is 2.77. The SMILES string of the molecule is CC(C)(CCC1C=CC=CC1)NCC(O)c1cccc(NS(=O)(=O)c2ccccc2)c1. The molecule has 0 fully saturated rings. The fraction of sp³-hybridized carbons (Fsp3) is 0.360. The molecule has 0 bridgehead atoms. The van der Waals surface area contributed by atoms with Gasteiger partial charge < -0.3 is 10.4 Å². The summed E-state index contributed by atoms with van der Waals surface area (Å²) in [5.74, 6) is 0.574. The van der Waals surface area contributed by atoms with Crippen LogP contribution in [0.25, 0.3) is 0 Å². The van der Waals surface area contributed by atoms with Crippen molar-refractivity contribution in [2.45, 2.75) is 49.6 Å². The highest BCUT2D eigenvalue weighted by molar-refractivity contribution is 7.92. The first-order chi connectivity index (χ1) is 14.8. The van der Waals surface area contributed by atoms with E-state index in [-0.39, 0.29) is 10.4 Å². The number of benzene rings is 2. The number of hydrogen-bond donors (Lipinski definition) is 3. The highest BCUT2D eigenvalue weighted by Crippen LogP contribution is 2.24. The van der Waals surface area contributed by atoms with Gasteiger partial charge in [0.2, 0.25) is 0 Å². The molecule has 1 aliphatic carbocycles. The standard InChI is InChI=1S/C25H32N2O3S/c1-25(2,17-16-20-10-5-3-6-11-20)26-19-24(28)21-12-9-13-22(18-21)27-31(29,30)23-14-7-4-8-15-23/h3-10,12-15,18,20,24,26-28H,11,16-17,19H2,1-2H3. The molecule has 0 aliphatic heterocycles. The highest BCUT2D eigenvalue weighted by Gasteiger charge is 2.21. The first-order valence-electron chi connectivity index (χ1n) is 10.7. The number of rotatable bonds is 10. The number of hydrogen-bond acceptors (Lipinski definition) is 4. The number of β-amino-alcohol motifs (C(OH)–C–C–N with tert-alkyl or cyclic N) is 1. The summed E-state index contributed by atoms with van der Waals surface area (Å²) < 4.78 is 27.7. The summed E-state index contributed by atoms with van der Waals surface area (Å²) in [6.07, 6.45) is 11.1. The Morgan fingerprint density at radius 2 is 1.87 bits per heavy atom. The summed E-state index contributed by atoms with van der Waals surface area (Å²) in [6.45, 7) is 4.68. The molecular weight excluding hydrogens is 408 g/mol. The molecule has 3 N–H and O–H groups in total. The molecule has 2 aromatic rings. The smallest absolute Gasteiger partial charge is 0.261 e. The van der Waals surface area contributed by atoms with Crippen LogP contribution in [0.2, 0.25) is 0 Å². The topological polar surface area (TPSA) is 78.4 Å². The Hall–Kier alpha value is -2.41. The average molecular weight is 441 g/mol. The minimum absolute atomic E-state index is 0.109. The van der Waals surface area contributed by atoms with E-state index in [0.717, 1.165) is 19.3 Å². The van der Waals surface area contributed by atoms with E-state index in [1.807, 2.05) is 0 Å². The molecule has 5 nitrogen and oxygen atoms in total. The van der Waals surface area contributed by atoms with E-state index >= 15 is 0 Å². The summed E-state index contributed by atoms with van der Waals surface area (Å²) in [4.78, 5) is 0.202. The maximum Gasteiger partial charge on any atom is 0.261 e. The second kappa shape index (κ2) is 10.3. The minimum atomic E-state index is -3.67. The quantitative estimate of drug-likeness (QED) is 0.496. The molecule has 2 atom stereocenters. The lowest BCUT2D eigenvalue weighted by atomic mass is 9.89. The van der Waals surface area contributed by atoms with E-state index in [9.17, 15) is 13.5 Å². The van der Waals surface area contributed by atoms with Gasteiger partial charge in [-0.1, -0.05) is 54.6 Å². The van der Waals surface area contributed by atoms with E-state index in [1.165, 1.54) is 0 Å². The second-order valence-corrected chi connectivity index (χ2v) is 10.4. The van der Waals surface area contributed by atoms with Crippen LogP contribution in [0.15, 0.2) is 83.8 Å². The molecule has 0 heterocycles. The molecule has 0 saturated carbocycles. The molecule has 0 aromatic heterocycles. The van der Waals surface area contributed by atoms with E-state index in [2.05, 4.69) is 48.2 Å². The molecule has 0 amide bonds. The van der Waals surface area contributed by atoms with Crippen LogP contribution >= 0.6 is 0 Å². The van der Waals surface area contributed by atoms with Gasteiger partial charge in [-0.25, -0.2) is 8.42 Å². The van der Waals surface area contributed by atoms with Crippen molar-refractivity contribution in [3.05, 3.63) is 84.5 Å². The lowest BCUT2D eigenvalue weighted by Gasteiger charge is -2.29. The minimum Gasteiger partial charge on any atom is -0.387 e. The van der Waals surface area contributed by atoms with E-state index < -0.39 is 16.1 Å². The maximum absolute atomic E-state index is 12.5. The monoisotopic (exact) mass is 440 g/mol. The number of anilines is 1. The molecule has 2 unspecified atom stereocenters. The van der Waals surface area contributed by atoms with Crippen LogP contribution in [0.3, 0.4) is 0 Å². The molecule has 0 saturated heterocycles. The first-order valence-corrected chi connectivity index (χ1v) is 12.2. The number of allylic oxidation sites excluding steroid dienone is 4. The summed E-state index contributed by atoms with van der Waals surface area (Å²) in [5.41, 5.74) is 0.983. The number of nitrogens with one attached hydrogen (secondary N) is 2. The van der Waals surface area contributed by atoms with Gasteiger partial charge in [0.05, 0.1) is 11.0 Å². The Balaban J connectivity index is 1.56. The Morgan fingerprint density at radius 3 is 2.58 bits per heavy atom. The number of aliphatic hydroxyl groups excluding tert-OH is 1. The van der Waals surface area contributed by atoms with Crippen molar-refractivity contribution >= 4 is 15.7 Å². The third-order valence-electron chi connectivity index (χ3n) is 5.56. The van der Waals surface area contributed by atoms with Crippen molar-refractivity contribution < 1.29 is 13.5 Å². The molecule has 166 valence electrons. The van der Waals surface area contributed by atoms with Crippen LogP contribution < -0.4 is 10.0 Å². The van der Waals surface area contributed by atoms with Gasteiger partial charge in [-0.3, -0.25) is 4.72 Å². The summed E-state index contributed by atoms with van der Waals surface area (Å²) in [7, 11) is -3.67. The highest BCUT2D eigenvalue weighted by atomic mass is 32.2. The van der Waals surface area contributed by atoms with Crippen LogP contribution in [0.4, 0.5) is 5.69 Å². The van der Waals surface area contributed by atoms with Gasteiger partial charge in [0.1, 0.15) is 0 Å². The fourth-order valence-corrected chi connectivity index (χ4v) is 4.67. The third kappa shape index (κ3) is 7.06. The van der Waals surface area contributed by atoms with Crippen LogP contribution in [0.5, 0.6) is 0 Å². The van der Waals surface area contributed by atoms with Gasteiger partial charge in [0.15, 0.2) is 0 Å². The van der Waals surface area contributed by atoms with Crippen molar-refractivity contribution in [1.29, 1.82) is 0 Å². The predicted octanol–water partition coefficient (Wildman–Crippen LogP) is 4.80. The molecule has 0 radical (unpaired) electrons. The van der Waals surface area contributed by atoms with Crippen molar-refractivity contribution in [2.75, 3.05) is 11.3 Å². The van der Waals surface area contributed by atoms with Crippen LogP contribution in [0.1, 0.15) is 44.8 Å². The normalized spacial score (nSPS) is 17.5. The Bertz CT molecular complexity index is 1010. The van der Waals surface area contributed by atoms with Gasteiger partial charge >= 0.3 is 0 Å². The number of aliphatic hydroxyl groups is 1. The third-order valence-corrected chi connectivity index (χ3v) is 6.96. The second-order valence-electron chi connectivity index (χ2n) is 8.67. The lowest BCUT2D eigenvalue weighted by Crippen LogP contribution is -2.41. The first kappa shape index (κ1) is 23.3. The van der Waals surface area contributed by atoms with Gasteiger partial charge in [0, 0.05) is 17.8 Å². The zero-order valence-electron chi connectivity index (χ0n) is 18.2. The van der Waals surface area contributed by atoms with Crippen molar-refractivity contribution in [3.63, 3.8) is 0 Å². The summed E-state index contributed by atoms with van der Waals surface area (Å²) in [6, 6.07) is 15.1. The molecule has 6 heteroatoms. The van der Waals surface area contributed by atoms with Crippen LogP contribution in [-0.2, 0) is 10.0 Å². The van der Waals surface area contributed by atoms with Gasteiger partial charge in [-0.2, -0.15) is 0 Å². The Kier molecular flexibility index (Phi) is 7.70. The largest absolute Gasteiger partial charge is 0.387 e. The van der Waals surface area contributed by atoms with E-state index in [0.29, 0.717) is 23.7 Å². The van der Waals surface area contributed by atoms with Gasteiger partial charge in [-0.05, 0) is 68.9 Å². The van der Waals surface area contributed by atoms with Crippen LogP contribution in [-0.4, -0.2) is 25.6 Å². The van der Waals surface area contributed by atoms with E-state index in [4.69, 9.17) is 0 Å². The summed E-state index contributed by atoms with van der Waals surface area (Å²) in [5, 5.41) is 14.1. The molecule has 31 heavy (non-hydrogen) atoms. The zero-order valence-corrected chi connectivity index (χ0v) is 19.0. The predicted molar refractivity (Wildman–Crippen MR) is 126 cm³/mol. The van der Waals surface area contributed by atoms with Crippen molar-refractivity contribution in [1.82, 2.24) is 5.32 Å². The maximum atomic E-state index is 12.5. The summed E-state index contributed by atoms with van der Waals surface area (Å²) >= 11 is 0.